The lowest BCUT2D eigenvalue weighted by Crippen LogP contribution is -2.36. The number of ether oxygens (including phenoxy) is 3. The van der Waals surface area contributed by atoms with Gasteiger partial charge in [0.25, 0.3) is 5.91 Å². The number of carbonyl (C=O) groups is 1. The zero-order valence-corrected chi connectivity index (χ0v) is 15.0. The van der Waals surface area contributed by atoms with Gasteiger partial charge in [0.05, 0.1) is 18.7 Å². The minimum absolute atomic E-state index is 0.236. The molecule has 7 heteroatoms. The smallest absolute Gasteiger partial charge is 0.255 e. The molecule has 6 nitrogen and oxygen atoms in total. The molecule has 1 atom stereocenters. The number of halogens is 1. The van der Waals surface area contributed by atoms with Crippen molar-refractivity contribution in [1.29, 1.82) is 0 Å². The Balaban J connectivity index is 2.07. The maximum atomic E-state index is 10.9. The lowest BCUT2D eigenvalue weighted by atomic mass is 9.98. The summed E-state index contributed by atoms with van der Waals surface area (Å²) in [5.41, 5.74) is 6.15. The van der Waals surface area contributed by atoms with E-state index < -0.39 is 5.91 Å². The number of amides is 1. The van der Waals surface area contributed by atoms with Gasteiger partial charge in [-0.05, 0) is 43.0 Å². The van der Waals surface area contributed by atoms with Gasteiger partial charge in [0.15, 0.2) is 18.1 Å². The summed E-state index contributed by atoms with van der Waals surface area (Å²) in [5.74, 6) is 0.857. The Hall–Kier alpha value is -1.50. The summed E-state index contributed by atoms with van der Waals surface area (Å²) >= 11 is 6.30. The Morgan fingerprint density at radius 2 is 2.21 bits per heavy atom. The summed E-state index contributed by atoms with van der Waals surface area (Å²) in [6.45, 7) is 3.40. The number of carbonyl (C=O) groups excluding carboxylic acids is 1. The maximum Gasteiger partial charge on any atom is 0.255 e. The van der Waals surface area contributed by atoms with Crippen LogP contribution < -0.4 is 15.2 Å². The monoisotopic (exact) mass is 356 g/mol. The molecule has 0 aliphatic carbocycles. The first-order valence-corrected chi connectivity index (χ1v) is 8.40. The van der Waals surface area contributed by atoms with E-state index >= 15 is 0 Å². The lowest BCUT2D eigenvalue weighted by molar-refractivity contribution is -0.119. The first kappa shape index (κ1) is 18.8. The average molecular weight is 357 g/mol. The normalized spacial score (nSPS) is 18.4. The molecular formula is C17H25ClN2O4. The minimum Gasteiger partial charge on any atom is -0.493 e. The SMILES string of the molecule is COC[C@H]1CCCN(Cc2cc(Cl)c(OCC(N)=O)c(OC)c2)C1. The van der Waals surface area contributed by atoms with Gasteiger partial charge in [-0.25, -0.2) is 0 Å². The molecule has 1 fully saturated rings. The molecule has 0 spiro atoms. The fourth-order valence-electron chi connectivity index (χ4n) is 3.07. The van der Waals surface area contributed by atoms with E-state index in [9.17, 15) is 4.79 Å². The summed E-state index contributed by atoms with van der Waals surface area (Å²) in [6.07, 6.45) is 2.37. The number of likely N-dealkylation sites (tertiary alicyclic amines) is 1. The average Bonchev–Trinajstić information content (AvgIpc) is 2.54. The Morgan fingerprint density at radius 1 is 1.42 bits per heavy atom. The molecule has 1 aliphatic heterocycles. The summed E-state index contributed by atoms with van der Waals surface area (Å²) in [7, 11) is 3.29. The van der Waals surface area contributed by atoms with E-state index in [1.807, 2.05) is 12.1 Å². The second kappa shape index (κ2) is 9.11. The van der Waals surface area contributed by atoms with Crippen molar-refractivity contribution in [2.24, 2.45) is 11.7 Å². The van der Waals surface area contributed by atoms with Crippen molar-refractivity contribution < 1.29 is 19.0 Å². The van der Waals surface area contributed by atoms with Gasteiger partial charge in [0, 0.05) is 20.2 Å². The quantitative estimate of drug-likeness (QED) is 0.771. The first-order chi connectivity index (χ1) is 11.5. The number of primary amides is 1. The second-order valence-electron chi connectivity index (χ2n) is 6.06. The van der Waals surface area contributed by atoms with Crippen molar-refractivity contribution in [2.45, 2.75) is 19.4 Å². The number of nitrogens with two attached hydrogens (primary N) is 1. The van der Waals surface area contributed by atoms with Gasteiger partial charge in [0.2, 0.25) is 0 Å². The van der Waals surface area contributed by atoms with Crippen LogP contribution in [-0.2, 0) is 16.1 Å². The predicted molar refractivity (Wildman–Crippen MR) is 92.6 cm³/mol. The van der Waals surface area contributed by atoms with E-state index in [-0.39, 0.29) is 6.61 Å². The molecule has 0 aromatic heterocycles. The molecule has 1 aliphatic rings. The topological polar surface area (TPSA) is 74.0 Å². The van der Waals surface area contributed by atoms with Crippen LogP contribution in [0.15, 0.2) is 12.1 Å². The highest BCUT2D eigenvalue weighted by Crippen LogP contribution is 2.37. The minimum atomic E-state index is -0.560. The Labute approximate surface area is 147 Å². The molecule has 2 N–H and O–H groups in total. The molecule has 1 heterocycles. The molecule has 0 bridgehead atoms. The Kier molecular flexibility index (Phi) is 7.15. The second-order valence-corrected chi connectivity index (χ2v) is 6.47. The van der Waals surface area contributed by atoms with Crippen LogP contribution in [0, 0.1) is 5.92 Å². The van der Waals surface area contributed by atoms with Crippen molar-refractivity contribution in [3.8, 4) is 11.5 Å². The first-order valence-electron chi connectivity index (χ1n) is 8.02. The molecular weight excluding hydrogens is 332 g/mol. The molecule has 24 heavy (non-hydrogen) atoms. The van der Waals surface area contributed by atoms with E-state index in [1.54, 1.807) is 14.2 Å². The summed E-state index contributed by atoms with van der Waals surface area (Å²) in [5, 5.41) is 0.413. The number of rotatable bonds is 8. The van der Waals surface area contributed by atoms with Gasteiger partial charge in [-0.2, -0.15) is 0 Å². The largest absolute Gasteiger partial charge is 0.493 e. The van der Waals surface area contributed by atoms with E-state index in [4.69, 9.17) is 31.5 Å². The summed E-state index contributed by atoms with van der Waals surface area (Å²) < 4.78 is 16.0. The third-order valence-corrected chi connectivity index (χ3v) is 4.34. The molecule has 2 rings (SSSR count). The zero-order chi connectivity index (χ0) is 17.5. The van der Waals surface area contributed by atoms with E-state index in [0.29, 0.717) is 22.4 Å². The number of hydrogen-bond acceptors (Lipinski definition) is 5. The van der Waals surface area contributed by atoms with Crippen LogP contribution in [0.4, 0.5) is 0 Å². The maximum absolute atomic E-state index is 10.9. The number of piperidine rings is 1. The van der Waals surface area contributed by atoms with Crippen LogP contribution >= 0.6 is 11.6 Å². The molecule has 134 valence electrons. The standard InChI is InChI=1S/C17H25ClN2O4/c1-22-10-12-4-3-5-20(8-12)9-13-6-14(18)17(15(7-13)23-2)24-11-16(19)21/h6-7,12H,3-5,8-11H2,1-2H3,(H2,19,21)/t12-/m0/s1. The number of methoxy groups -OCH3 is 2. The molecule has 1 saturated heterocycles. The van der Waals surface area contributed by atoms with Crippen LogP contribution in [0.2, 0.25) is 5.02 Å². The van der Waals surface area contributed by atoms with E-state index in [2.05, 4.69) is 4.90 Å². The van der Waals surface area contributed by atoms with Crippen molar-refractivity contribution in [2.75, 3.05) is 40.5 Å². The van der Waals surface area contributed by atoms with Crippen molar-refractivity contribution in [3.63, 3.8) is 0 Å². The van der Waals surface area contributed by atoms with Crippen LogP contribution in [0.1, 0.15) is 18.4 Å². The zero-order valence-electron chi connectivity index (χ0n) is 14.2. The molecule has 1 aromatic carbocycles. The van der Waals surface area contributed by atoms with Gasteiger partial charge in [0.1, 0.15) is 0 Å². The highest BCUT2D eigenvalue weighted by molar-refractivity contribution is 6.32. The van der Waals surface area contributed by atoms with Crippen LogP contribution in [0.25, 0.3) is 0 Å². The van der Waals surface area contributed by atoms with Gasteiger partial charge in [-0.15, -0.1) is 0 Å². The predicted octanol–water partition coefficient (Wildman–Crippen LogP) is 2.07. The van der Waals surface area contributed by atoms with E-state index in [0.717, 1.165) is 31.8 Å². The van der Waals surface area contributed by atoms with Gasteiger partial charge in [-0.1, -0.05) is 11.6 Å². The van der Waals surface area contributed by atoms with Crippen LogP contribution in [0.5, 0.6) is 11.5 Å². The number of benzene rings is 1. The third-order valence-electron chi connectivity index (χ3n) is 4.06. The highest BCUT2D eigenvalue weighted by atomic mass is 35.5. The molecule has 0 radical (unpaired) electrons. The number of nitrogens with zero attached hydrogens (tertiary/aromatic N) is 1. The molecule has 1 amide bonds. The van der Waals surface area contributed by atoms with Gasteiger partial charge in [-0.3, -0.25) is 9.69 Å². The van der Waals surface area contributed by atoms with Gasteiger partial charge >= 0.3 is 0 Å². The number of hydrogen-bond donors (Lipinski definition) is 1. The van der Waals surface area contributed by atoms with Crippen LogP contribution in [-0.4, -0.2) is 51.3 Å². The van der Waals surface area contributed by atoms with E-state index in [1.165, 1.54) is 12.8 Å². The third kappa shape index (κ3) is 5.26. The van der Waals surface area contributed by atoms with Crippen molar-refractivity contribution in [3.05, 3.63) is 22.7 Å². The van der Waals surface area contributed by atoms with Crippen molar-refractivity contribution in [1.82, 2.24) is 4.90 Å². The van der Waals surface area contributed by atoms with Crippen molar-refractivity contribution >= 4 is 17.5 Å². The fourth-order valence-corrected chi connectivity index (χ4v) is 3.36. The molecule has 0 saturated carbocycles. The molecule has 0 unspecified atom stereocenters. The fraction of sp³-hybridized carbons (Fsp3) is 0.588. The summed E-state index contributed by atoms with van der Waals surface area (Å²) in [6, 6.07) is 3.74. The van der Waals surface area contributed by atoms with Crippen LogP contribution in [0.3, 0.4) is 0 Å². The summed E-state index contributed by atoms with van der Waals surface area (Å²) in [4.78, 5) is 13.3. The Morgan fingerprint density at radius 3 is 2.88 bits per heavy atom. The highest BCUT2D eigenvalue weighted by Gasteiger charge is 2.21. The lowest BCUT2D eigenvalue weighted by Gasteiger charge is -2.32. The Bertz CT molecular complexity index is 566. The van der Waals surface area contributed by atoms with Gasteiger partial charge < -0.3 is 19.9 Å². The molecule has 1 aromatic rings.